The van der Waals surface area contributed by atoms with Gasteiger partial charge in [0, 0.05) is 17.8 Å². The number of aromatic amines is 1. The first kappa shape index (κ1) is 21.0. The predicted molar refractivity (Wildman–Crippen MR) is 116 cm³/mol. The van der Waals surface area contributed by atoms with Gasteiger partial charge in [-0.1, -0.05) is 56.3 Å². The van der Waals surface area contributed by atoms with Crippen LogP contribution in [0.3, 0.4) is 0 Å². The zero-order valence-corrected chi connectivity index (χ0v) is 17.3. The van der Waals surface area contributed by atoms with E-state index in [1.54, 1.807) is 12.1 Å². The molecular weight excluding hydrogens is 380 g/mol. The molecule has 1 unspecified atom stereocenters. The van der Waals surface area contributed by atoms with Gasteiger partial charge >= 0.3 is 6.03 Å². The van der Waals surface area contributed by atoms with Crippen molar-refractivity contribution < 1.29 is 9.59 Å². The molecule has 1 aromatic heterocycles. The molecule has 4 N–H and O–H groups in total. The van der Waals surface area contributed by atoms with Crippen molar-refractivity contribution in [3.63, 3.8) is 0 Å². The Bertz CT molecular complexity index is 1000. The minimum Gasteiger partial charge on any atom is -0.334 e. The lowest BCUT2D eigenvalue weighted by Crippen LogP contribution is -2.50. The number of anilines is 1. The van der Waals surface area contributed by atoms with Gasteiger partial charge in [-0.2, -0.15) is 5.10 Å². The van der Waals surface area contributed by atoms with Crippen molar-refractivity contribution >= 4 is 17.6 Å². The van der Waals surface area contributed by atoms with E-state index < -0.39 is 12.1 Å². The van der Waals surface area contributed by atoms with Gasteiger partial charge in [0.15, 0.2) is 5.82 Å². The Balaban J connectivity index is 1.62. The summed E-state index contributed by atoms with van der Waals surface area (Å²) in [6.45, 7) is 5.98. The van der Waals surface area contributed by atoms with E-state index >= 15 is 0 Å². The highest BCUT2D eigenvalue weighted by molar-refractivity contribution is 5.97. The molecule has 0 saturated carbocycles. The number of carbonyl (C=O) groups is 2. The summed E-state index contributed by atoms with van der Waals surface area (Å²) >= 11 is 0. The Morgan fingerprint density at radius 2 is 1.83 bits per heavy atom. The summed E-state index contributed by atoms with van der Waals surface area (Å²) in [6, 6.07) is 15.8. The number of aryl methyl sites for hydroxylation is 1. The first-order valence-electron chi connectivity index (χ1n) is 9.81. The van der Waals surface area contributed by atoms with Crippen molar-refractivity contribution in [2.75, 3.05) is 5.32 Å². The minimum absolute atomic E-state index is 0.0914. The second-order valence-corrected chi connectivity index (χ2v) is 7.35. The van der Waals surface area contributed by atoms with Gasteiger partial charge in [0.1, 0.15) is 11.9 Å². The van der Waals surface area contributed by atoms with E-state index in [1.807, 2.05) is 63.2 Å². The fourth-order valence-corrected chi connectivity index (χ4v) is 2.93. The van der Waals surface area contributed by atoms with Crippen LogP contribution >= 0.6 is 0 Å². The summed E-state index contributed by atoms with van der Waals surface area (Å²) in [5.41, 5.74) is 2.38. The van der Waals surface area contributed by atoms with E-state index in [1.165, 1.54) is 0 Å². The third-order valence-electron chi connectivity index (χ3n) is 4.52. The largest absolute Gasteiger partial charge is 0.334 e. The summed E-state index contributed by atoms with van der Waals surface area (Å²) in [5.74, 6) is 0.891. The molecular formula is C22H26N6O2. The van der Waals surface area contributed by atoms with E-state index in [0.717, 1.165) is 11.1 Å². The molecule has 3 rings (SSSR count). The number of aromatic nitrogens is 3. The Labute approximate surface area is 175 Å². The summed E-state index contributed by atoms with van der Waals surface area (Å²) < 4.78 is 0. The number of nitrogens with zero attached hydrogens (tertiary/aromatic N) is 2. The van der Waals surface area contributed by atoms with Gasteiger partial charge in [-0.3, -0.25) is 9.89 Å². The number of amides is 3. The third-order valence-corrected chi connectivity index (χ3v) is 4.52. The molecule has 0 spiro atoms. The molecule has 8 nitrogen and oxygen atoms in total. The Morgan fingerprint density at radius 1 is 1.07 bits per heavy atom. The minimum atomic E-state index is -0.685. The number of rotatable bonds is 7. The molecule has 0 aliphatic heterocycles. The van der Waals surface area contributed by atoms with Crippen molar-refractivity contribution in [1.29, 1.82) is 0 Å². The van der Waals surface area contributed by atoms with E-state index in [2.05, 4.69) is 31.1 Å². The molecule has 0 bridgehead atoms. The highest BCUT2D eigenvalue weighted by Gasteiger charge is 2.24. The van der Waals surface area contributed by atoms with Crippen molar-refractivity contribution in [3.05, 3.63) is 66.0 Å². The molecule has 8 heteroatoms. The van der Waals surface area contributed by atoms with Gasteiger partial charge in [0.05, 0.1) is 0 Å². The molecule has 0 fully saturated rings. The van der Waals surface area contributed by atoms with Gasteiger partial charge in [0.2, 0.25) is 5.91 Å². The number of nitrogens with one attached hydrogen (secondary N) is 4. The van der Waals surface area contributed by atoms with Crippen LogP contribution in [0, 0.1) is 12.8 Å². The Hall–Kier alpha value is -3.68. The molecule has 156 valence electrons. The van der Waals surface area contributed by atoms with Gasteiger partial charge in [0.25, 0.3) is 0 Å². The van der Waals surface area contributed by atoms with E-state index in [0.29, 0.717) is 23.9 Å². The number of H-pyrrole nitrogens is 1. The molecule has 30 heavy (non-hydrogen) atoms. The SMILES string of the molecule is Cc1nc(-c2cccc(NC(=O)C(NC(=O)NCc3ccccc3)C(C)C)c2)n[nH]1. The normalized spacial score (nSPS) is 11.7. The Morgan fingerprint density at radius 3 is 2.50 bits per heavy atom. The van der Waals surface area contributed by atoms with Gasteiger partial charge in [-0.05, 0) is 30.5 Å². The average molecular weight is 406 g/mol. The fourth-order valence-electron chi connectivity index (χ4n) is 2.93. The second-order valence-electron chi connectivity index (χ2n) is 7.35. The lowest BCUT2D eigenvalue weighted by Gasteiger charge is -2.22. The summed E-state index contributed by atoms with van der Waals surface area (Å²) in [5, 5.41) is 15.4. The number of hydrogen-bond acceptors (Lipinski definition) is 4. The van der Waals surface area contributed by atoms with Crippen LogP contribution < -0.4 is 16.0 Å². The van der Waals surface area contributed by atoms with Crippen LogP contribution in [0.1, 0.15) is 25.2 Å². The van der Waals surface area contributed by atoms with Crippen LogP contribution in [0.2, 0.25) is 0 Å². The quantitative estimate of drug-likeness (QED) is 0.482. The van der Waals surface area contributed by atoms with Crippen LogP contribution in [0.15, 0.2) is 54.6 Å². The molecule has 3 aromatic rings. The van der Waals surface area contributed by atoms with Gasteiger partial charge in [-0.15, -0.1) is 0 Å². The zero-order valence-electron chi connectivity index (χ0n) is 17.3. The summed E-state index contributed by atoms with van der Waals surface area (Å²) in [7, 11) is 0. The molecule has 1 atom stereocenters. The topological polar surface area (TPSA) is 112 Å². The maximum Gasteiger partial charge on any atom is 0.315 e. The summed E-state index contributed by atoms with van der Waals surface area (Å²) in [6.07, 6.45) is 0. The molecule has 1 heterocycles. The van der Waals surface area contributed by atoms with Crippen molar-refractivity contribution in [1.82, 2.24) is 25.8 Å². The molecule has 0 aliphatic rings. The van der Waals surface area contributed by atoms with Crippen LogP contribution in [0.4, 0.5) is 10.5 Å². The third kappa shape index (κ3) is 5.66. The molecule has 0 aliphatic carbocycles. The van der Waals surface area contributed by atoms with Crippen LogP contribution in [0.5, 0.6) is 0 Å². The molecule has 0 saturated heterocycles. The van der Waals surface area contributed by atoms with Gasteiger partial charge < -0.3 is 16.0 Å². The van der Waals surface area contributed by atoms with Crippen molar-refractivity contribution in [3.8, 4) is 11.4 Å². The number of carbonyl (C=O) groups excluding carboxylic acids is 2. The number of urea groups is 1. The van der Waals surface area contributed by atoms with Crippen LogP contribution in [-0.4, -0.2) is 33.2 Å². The maximum atomic E-state index is 12.8. The standard InChI is InChI=1S/C22H26N6O2/c1-14(2)19(26-22(30)23-13-16-8-5-4-6-9-16)21(29)25-18-11-7-10-17(12-18)20-24-15(3)27-28-20/h4-12,14,19H,13H2,1-3H3,(H,25,29)(H2,23,26,30)(H,24,27,28). The predicted octanol–water partition coefficient (Wildman–Crippen LogP) is 3.24. The van der Waals surface area contributed by atoms with Crippen LogP contribution in [-0.2, 0) is 11.3 Å². The van der Waals surface area contributed by atoms with E-state index in [4.69, 9.17) is 0 Å². The van der Waals surface area contributed by atoms with E-state index in [9.17, 15) is 9.59 Å². The lowest BCUT2D eigenvalue weighted by molar-refractivity contribution is -0.118. The highest BCUT2D eigenvalue weighted by Crippen LogP contribution is 2.20. The van der Waals surface area contributed by atoms with Crippen LogP contribution in [0.25, 0.3) is 11.4 Å². The maximum absolute atomic E-state index is 12.8. The first-order chi connectivity index (χ1) is 14.4. The van der Waals surface area contributed by atoms with Crippen molar-refractivity contribution in [2.45, 2.75) is 33.4 Å². The average Bonchev–Trinajstić information content (AvgIpc) is 3.17. The molecule has 0 radical (unpaired) electrons. The lowest BCUT2D eigenvalue weighted by atomic mass is 10.0. The summed E-state index contributed by atoms with van der Waals surface area (Å²) in [4.78, 5) is 29.4. The van der Waals surface area contributed by atoms with Crippen molar-refractivity contribution in [2.24, 2.45) is 5.92 Å². The monoisotopic (exact) mass is 406 g/mol. The smallest absolute Gasteiger partial charge is 0.315 e. The first-order valence-corrected chi connectivity index (χ1v) is 9.81. The highest BCUT2D eigenvalue weighted by atomic mass is 16.2. The zero-order chi connectivity index (χ0) is 21.5. The molecule has 3 amide bonds. The fraction of sp³-hybridized carbons (Fsp3) is 0.273. The second kappa shape index (κ2) is 9.69. The number of hydrogen-bond donors (Lipinski definition) is 4. The van der Waals surface area contributed by atoms with Gasteiger partial charge in [-0.25, -0.2) is 9.78 Å². The van der Waals surface area contributed by atoms with E-state index in [-0.39, 0.29) is 11.8 Å². The Kier molecular flexibility index (Phi) is 6.79. The molecule has 2 aromatic carbocycles. The number of benzene rings is 2.